The molecule has 0 aliphatic heterocycles. The monoisotopic (exact) mass is 245 g/mol. The molecule has 0 aliphatic carbocycles. The zero-order valence-corrected chi connectivity index (χ0v) is 9.46. The minimum atomic E-state index is 0.500. The molecule has 5 nitrogen and oxygen atoms in total. The van der Waals surface area contributed by atoms with Crippen molar-refractivity contribution >= 4 is 22.9 Å². The normalized spacial score (nSPS) is 10.9. The van der Waals surface area contributed by atoms with Gasteiger partial charge in [0.25, 0.3) is 0 Å². The molecule has 0 aliphatic rings. The van der Waals surface area contributed by atoms with Gasteiger partial charge < -0.3 is 5.73 Å². The average Bonchev–Trinajstić information content (AvgIpc) is 2.74. The summed E-state index contributed by atoms with van der Waals surface area (Å²) < 4.78 is 1.76. The summed E-state index contributed by atoms with van der Waals surface area (Å²) in [6, 6.07) is 5.39. The first-order chi connectivity index (χ1) is 8.25. The predicted octanol–water partition coefficient (Wildman–Crippen LogP) is 2.03. The first-order valence-corrected chi connectivity index (χ1v) is 5.33. The zero-order valence-electron chi connectivity index (χ0n) is 8.71. The highest BCUT2D eigenvalue weighted by molar-refractivity contribution is 6.30. The zero-order chi connectivity index (χ0) is 11.8. The Hall–Kier alpha value is -2.14. The molecular formula is C11H8ClN5. The predicted molar refractivity (Wildman–Crippen MR) is 65.6 cm³/mol. The number of rotatable bonds is 1. The molecule has 0 fully saturated rings. The van der Waals surface area contributed by atoms with Crippen molar-refractivity contribution in [1.29, 1.82) is 0 Å². The largest absolute Gasteiger partial charge is 0.396 e. The van der Waals surface area contributed by atoms with Gasteiger partial charge in [-0.2, -0.15) is 0 Å². The molecular weight excluding hydrogens is 238 g/mol. The van der Waals surface area contributed by atoms with E-state index in [9.17, 15) is 0 Å². The molecule has 0 spiro atoms. The van der Waals surface area contributed by atoms with Crippen molar-refractivity contribution in [3.8, 4) is 11.4 Å². The fourth-order valence-corrected chi connectivity index (χ4v) is 1.89. The molecule has 0 bridgehead atoms. The van der Waals surface area contributed by atoms with Crippen LogP contribution in [0.2, 0.25) is 5.02 Å². The molecule has 0 aromatic carbocycles. The van der Waals surface area contributed by atoms with Crippen LogP contribution in [0.1, 0.15) is 0 Å². The lowest BCUT2D eigenvalue weighted by Gasteiger charge is -2.01. The van der Waals surface area contributed by atoms with E-state index < -0.39 is 0 Å². The summed E-state index contributed by atoms with van der Waals surface area (Å²) in [5.74, 6) is 0.669. The number of nitrogens with two attached hydrogens (primary N) is 1. The molecule has 6 heteroatoms. The third-order valence-electron chi connectivity index (χ3n) is 2.42. The summed E-state index contributed by atoms with van der Waals surface area (Å²) in [5.41, 5.74) is 7.78. The van der Waals surface area contributed by atoms with E-state index in [1.165, 1.54) is 0 Å². The van der Waals surface area contributed by atoms with E-state index in [1.54, 1.807) is 29.1 Å². The Kier molecular flexibility index (Phi) is 2.19. The van der Waals surface area contributed by atoms with Crippen LogP contribution in [0.5, 0.6) is 0 Å². The van der Waals surface area contributed by atoms with Gasteiger partial charge in [0.1, 0.15) is 0 Å². The molecule has 3 heterocycles. The van der Waals surface area contributed by atoms with E-state index in [2.05, 4.69) is 15.2 Å². The second kappa shape index (κ2) is 3.71. The number of nitrogen functional groups attached to an aromatic ring is 1. The Labute approximate surface area is 102 Å². The highest BCUT2D eigenvalue weighted by atomic mass is 35.5. The molecule has 0 amide bonds. The maximum absolute atomic E-state index is 5.97. The summed E-state index contributed by atoms with van der Waals surface area (Å²) in [6.07, 6.45) is 5.15. The SMILES string of the molecule is Nc1cc(Cl)cn2c(-c3cccnc3)nnc12. The van der Waals surface area contributed by atoms with Gasteiger partial charge in [-0.15, -0.1) is 10.2 Å². The Bertz CT molecular complexity index is 677. The molecule has 84 valence electrons. The fourth-order valence-electron chi connectivity index (χ4n) is 1.68. The lowest BCUT2D eigenvalue weighted by molar-refractivity contribution is 1.11. The van der Waals surface area contributed by atoms with Crippen LogP contribution >= 0.6 is 11.6 Å². The Morgan fingerprint density at radius 3 is 2.94 bits per heavy atom. The van der Waals surface area contributed by atoms with Crippen LogP contribution in [0.15, 0.2) is 36.8 Å². The van der Waals surface area contributed by atoms with Crippen molar-refractivity contribution in [1.82, 2.24) is 19.6 Å². The minimum absolute atomic E-state index is 0.500. The Morgan fingerprint density at radius 2 is 2.18 bits per heavy atom. The number of hydrogen-bond acceptors (Lipinski definition) is 4. The number of hydrogen-bond donors (Lipinski definition) is 1. The molecule has 0 radical (unpaired) electrons. The van der Waals surface area contributed by atoms with Gasteiger partial charge >= 0.3 is 0 Å². The number of fused-ring (bicyclic) bond motifs is 1. The third-order valence-corrected chi connectivity index (χ3v) is 2.63. The van der Waals surface area contributed by atoms with E-state index in [-0.39, 0.29) is 0 Å². The average molecular weight is 246 g/mol. The van der Waals surface area contributed by atoms with E-state index >= 15 is 0 Å². The number of nitrogens with zero attached hydrogens (tertiary/aromatic N) is 4. The highest BCUT2D eigenvalue weighted by Crippen LogP contribution is 2.23. The molecule has 0 atom stereocenters. The van der Waals surface area contributed by atoms with Crippen LogP contribution in [0.25, 0.3) is 17.0 Å². The minimum Gasteiger partial charge on any atom is -0.396 e. The van der Waals surface area contributed by atoms with Crippen molar-refractivity contribution in [2.75, 3.05) is 5.73 Å². The third kappa shape index (κ3) is 1.60. The lowest BCUT2D eigenvalue weighted by Crippen LogP contribution is -1.94. The van der Waals surface area contributed by atoms with Gasteiger partial charge in [0, 0.05) is 24.2 Å². The van der Waals surface area contributed by atoms with Gasteiger partial charge in [-0.3, -0.25) is 9.38 Å². The lowest BCUT2D eigenvalue weighted by atomic mass is 10.3. The van der Waals surface area contributed by atoms with Crippen molar-refractivity contribution in [3.63, 3.8) is 0 Å². The van der Waals surface area contributed by atoms with Crippen LogP contribution in [-0.4, -0.2) is 19.6 Å². The number of pyridine rings is 2. The Balaban J connectivity index is 2.32. The van der Waals surface area contributed by atoms with Crippen LogP contribution in [-0.2, 0) is 0 Å². The Morgan fingerprint density at radius 1 is 1.29 bits per heavy atom. The van der Waals surface area contributed by atoms with Crippen LogP contribution in [0.3, 0.4) is 0 Å². The van der Waals surface area contributed by atoms with Crippen molar-refractivity contribution in [2.24, 2.45) is 0 Å². The number of anilines is 1. The van der Waals surface area contributed by atoms with Crippen LogP contribution < -0.4 is 5.73 Å². The topological polar surface area (TPSA) is 69.1 Å². The second-order valence-corrected chi connectivity index (χ2v) is 4.01. The first-order valence-electron chi connectivity index (χ1n) is 4.96. The molecule has 3 rings (SSSR count). The number of aromatic nitrogens is 4. The molecule has 0 saturated carbocycles. The summed E-state index contributed by atoms with van der Waals surface area (Å²) in [6.45, 7) is 0. The van der Waals surface area contributed by atoms with Gasteiger partial charge in [-0.05, 0) is 18.2 Å². The molecule has 0 saturated heterocycles. The van der Waals surface area contributed by atoms with Gasteiger partial charge in [0.15, 0.2) is 11.5 Å². The maximum Gasteiger partial charge on any atom is 0.184 e. The quantitative estimate of drug-likeness (QED) is 0.712. The van der Waals surface area contributed by atoms with Gasteiger partial charge in [0.2, 0.25) is 0 Å². The van der Waals surface area contributed by atoms with Crippen LogP contribution in [0.4, 0.5) is 5.69 Å². The standard InChI is InChI=1S/C11H8ClN5/c12-8-4-9(13)11-16-15-10(17(11)6-8)7-2-1-3-14-5-7/h1-6H,13H2. The summed E-state index contributed by atoms with van der Waals surface area (Å²) in [7, 11) is 0. The summed E-state index contributed by atoms with van der Waals surface area (Å²) in [5, 5.41) is 8.68. The van der Waals surface area contributed by atoms with E-state index in [1.807, 2.05) is 12.1 Å². The van der Waals surface area contributed by atoms with Crippen molar-refractivity contribution in [2.45, 2.75) is 0 Å². The van der Waals surface area contributed by atoms with E-state index in [0.29, 0.717) is 22.2 Å². The van der Waals surface area contributed by atoms with E-state index in [0.717, 1.165) is 5.56 Å². The first kappa shape index (κ1) is 10.0. The highest BCUT2D eigenvalue weighted by Gasteiger charge is 2.10. The van der Waals surface area contributed by atoms with Gasteiger partial charge in [0.05, 0.1) is 10.7 Å². The maximum atomic E-state index is 5.97. The van der Waals surface area contributed by atoms with Gasteiger partial charge in [-0.1, -0.05) is 11.6 Å². The fraction of sp³-hybridized carbons (Fsp3) is 0. The second-order valence-electron chi connectivity index (χ2n) is 3.57. The van der Waals surface area contributed by atoms with Crippen LogP contribution in [0, 0.1) is 0 Å². The number of halogens is 1. The molecule has 0 unspecified atom stereocenters. The summed E-state index contributed by atoms with van der Waals surface area (Å²) >= 11 is 5.97. The van der Waals surface area contributed by atoms with Crippen molar-refractivity contribution in [3.05, 3.63) is 41.8 Å². The van der Waals surface area contributed by atoms with Gasteiger partial charge in [-0.25, -0.2) is 0 Å². The smallest absolute Gasteiger partial charge is 0.184 e. The molecule has 3 aromatic rings. The van der Waals surface area contributed by atoms with Crippen molar-refractivity contribution < 1.29 is 0 Å². The molecule has 3 aromatic heterocycles. The van der Waals surface area contributed by atoms with E-state index in [4.69, 9.17) is 17.3 Å². The molecule has 2 N–H and O–H groups in total. The summed E-state index contributed by atoms with van der Waals surface area (Å²) in [4.78, 5) is 4.05. The molecule has 17 heavy (non-hydrogen) atoms.